The normalized spacial score (nSPS) is 12.9. The van der Waals surface area contributed by atoms with Crippen molar-refractivity contribution in [2.75, 3.05) is 6.26 Å². The molecule has 0 saturated heterocycles. The topological polar surface area (TPSA) is 69.7 Å². The van der Waals surface area contributed by atoms with Gasteiger partial charge in [0.25, 0.3) is 0 Å². The van der Waals surface area contributed by atoms with Gasteiger partial charge in [-0.15, -0.1) is 0 Å². The standard InChI is InChI=1S/C11H14O5S/c1-8(15-9(2)12)10-5-4-6-11(7-10)16-17(3,13)14/h4-8H,1-3H3. The fourth-order valence-electron chi connectivity index (χ4n) is 1.31. The number of hydrogen-bond donors (Lipinski definition) is 0. The van der Waals surface area contributed by atoms with Crippen LogP contribution in [0.1, 0.15) is 25.5 Å². The molecule has 1 rings (SSSR count). The summed E-state index contributed by atoms with van der Waals surface area (Å²) in [6.07, 6.45) is 0.519. The highest BCUT2D eigenvalue weighted by atomic mass is 32.2. The number of carbonyl (C=O) groups is 1. The molecule has 0 heterocycles. The van der Waals surface area contributed by atoms with Crippen LogP contribution in [-0.2, 0) is 19.6 Å². The van der Waals surface area contributed by atoms with Crippen LogP contribution in [0.4, 0.5) is 0 Å². The Morgan fingerprint density at radius 3 is 2.53 bits per heavy atom. The van der Waals surface area contributed by atoms with Gasteiger partial charge in [0.05, 0.1) is 6.26 Å². The van der Waals surface area contributed by atoms with E-state index in [1.165, 1.54) is 19.1 Å². The molecule has 1 aromatic rings. The van der Waals surface area contributed by atoms with Crippen LogP contribution in [0, 0.1) is 0 Å². The van der Waals surface area contributed by atoms with Gasteiger partial charge >= 0.3 is 16.1 Å². The van der Waals surface area contributed by atoms with E-state index in [1.54, 1.807) is 19.1 Å². The Morgan fingerprint density at radius 1 is 1.35 bits per heavy atom. The van der Waals surface area contributed by atoms with Crippen LogP contribution in [0.25, 0.3) is 0 Å². The Hall–Kier alpha value is -1.56. The minimum Gasteiger partial charge on any atom is -0.458 e. The van der Waals surface area contributed by atoms with Crippen LogP contribution in [0.15, 0.2) is 24.3 Å². The van der Waals surface area contributed by atoms with E-state index in [0.29, 0.717) is 5.56 Å². The van der Waals surface area contributed by atoms with E-state index in [2.05, 4.69) is 0 Å². The van der Waals surface area contributed by atoms with Gasteiger partial charge in [-0.25, -0.2) is 0 Å². The number of ether oxygens (including phenoxy) is 1. The summed E-state index contributed by atoms with van der Waals surface area (Å²) in [5, 5.41) is 0. The highest BCUT2D eigenvalue weighted by Crippen LogP contribution is 2.22. The molecule has 94 valence electrons. The molecule has 6 heteroatoms. The summed E-state index contributed by atoms with van der Waals surface area (Å²) in [4.78, 5) is 10.8. The average Bonchev–Trinajstić information content (AvgIpc) is 2.14. The first-order valence-electron chi connectivity index (χ1n) is 4.94. The van der Waals surface area contributed by atoms with Crippen molar-refractivity contribution in [2.24, 2.45) is 0 Å². The Morgan fingerprint density at radius 2 is 2.00 bits per heavy atom. The molecular weight excluding hydrogens is 244 g/mol. The quantitative estimate of drug-likeness (QED) is 0.606. The first-order chi connectivity index (χ1) is 7.78. The van der Waals surface area contributed by atoms with E-state index in [0.717, 1.165) is 6.26 Å². The van der Waals surface area contributed by atoms with Gasteiger partial charge in [-0.2, -0.15) is 8.42 Å². The lowest BCUT2D eigenvalue weighted by molar-refractivity contribution is -0.145. The average molecular weight is 258 g/mol. The molecule has 1 atom stereocenters. The van der Waals surface area contributed by atoms with Crippen LogP contribution >= 0.6 is 0 Å². The number of esters is 1. The molecule has 0 N–H and O–H groups in total. The maximum Gasteiger partial charge on any atom is 0.306 e. The zero-order chi connectivity index (χ0) is 13.1. The minimum atomic E-state index is -3.55. The third kappa shape index (κ3) is 4.86. The Kier molecular flexibility index (Phi) is 4.11. The molecule has 0 radical (unpaired) electrons. The van der Waals surface area contributed by atoms with Crippen LogP contribution < -0.4 is 4.18 Å². The smallest absolute Gasteiger partial charge is 0.306 e. The fourth-order valence-corrected chi connectivity index (χ4v) is 1.76. The van der Waals surface area contributed by atoms with Gasteiger partial charge in [-0.05, 0) is 24.6 Å². The molecule has 5 nitrogen and oxygen atoms in total. The number of carbonyl (C=O) groups excluding carboxylic acids is 1. The Balaban J connectivity index is 2.89. The molecule has 0 aromatic heterocycles. The molecule has 17 heavy (non-hydrogen) atoms. The van der Waals surface area contributed by atoms with Gasteiger partial charge in [-0.1, -0.05) is 12.1 Å². The Bertz CT molecular complexity index is 506. The van der Waals surface area contributed by atoms with Crippen molar-refractivity contribution in [3.8, 4) is 5.75 Å². The summed E-state index contributed by atoms with van der Waals surface area (Å²) in [7, 11) is -3.55. The van der Waals surface area contributed by atoms with Crippen molar-refractivity contribution in [1.29, 1.82) is 0 Å². The molecule has 0 fully saturated rings. The van der Waals surface area contributed by atoms with E-state index < -0.39 is 22.2 Å². The highest BCUT2D eigenvalue weighted by Gasteiger charge is 2.11. The maximum absolute atomic E-state index is 11.0. The van der Waals surface area contributed by atoms with Crippen LogP contribution in [0.5, 0.6) is 5.75 Å². The van der Waals surface area contributed by atoms with E-state index >= 15 is 0 Å². The number of rotatable bonds is 4. The SMILES string of the molecule is CC(=O)OC(C)c1cccc(OS(C)(=O)=O)c1. The van der Waals surface area contributed by atoms with Gasteiger partial charge in [0, 0.05) is 6.92 Å². The molecule has 1 unspecified atom stereocenters. The van der Waals surface area contributed by atoms with Crippen molar-refractivity contribution >= 4 is 16.1 Å². The van der Waals surface area contributed by atoms with Crippen LogP contribution in [0.2, 0.25) is 0 Å². The first-order valence-corrected chi connectivity index (χ1v) is 6.76. The second-order valence-electron chi connectivity index (χ2n) is 3.61. The maximum atomic E-state index is 11.0. The summed E-state index contributed by atoms with van der Waals surface area (Å²) < 4.78 is 31.6. The van der Waals surface area contributed by atoms with Crippen molar-refractivity contribution < 1.29 is 22.1 Å². The van der Waals surface area contributed by atoms with E-state index in [1.807, 2.05) is 0 Å². The van der Waals surface area contributed by atoms with Crippen molar-refractivity contribution in [2.45, 2.75) is 20.0 Å². The summed E-state index contributed by atoms with van der Waals surface area (Å²) in [6, 6.07) is 6.40. The van der Waals surface area contributed by atoms with E-state index in [4.69, 9.17) is 8.92 Å². The van der Waals surface area contributed by atoms with Gasteiger partial charge in [-0.3, -0.25) is 4.79 Å². The third-order valence-corrected chi connectivity index (χ3v) is 2.41. The Labute approximate surface area is 100 Å². The lowest BCUT2D eigenvalue weighted by atomic mass is 10.1. The second kappa shape index (κ2) is 5.18. The van der Waals surface area contributed by atoms with E-state index in [9.17, 15) is 13.2 Å². The monoisotopic (exact) mass is 258 g/mol. The summed E-state index contributed by atoms with van der Waals surface area (Å²) in [5.74, 6) is -0.198. The molecule has 1 aromatic carbocycles. The minimum absolute atomic E-state index is 0.198. The van der Waals surface area contributed by atoms with Crippen molar-refractivity contribution in [3.05, 3.63) is 29.8 Å². The van der Waals surface area contributed by atoms with Crippen molar-refractivity contribution in [3.63, 3.8) is 0 Å². The second-order valence-corrected chi connectivity index (χ2v) is 5.19. The third-order valence-electron chi connectivity index (χ3n) is 1.92. The lowest BCUT2D eigenvalue weighted by Crippen LogP contribution is -2.07. The molecule has 0 aliphatic rings. The van der Waals surface area contributed by atoms with E-state index in [-0.39, 0.29) is 5.75 Å². The van der Waals surface area contributed by atoms with Crippen LogP contribution in [0.3, 0.4) is 0 Å². The molecule has 0 spiro atoms. The summed E-state index contributed by atoms with van der Waals surface area (Å²) in [5.41, 5.74) is 0.668. The summed E-state index contributed by atoms with van der Waals surface area (Å²) in [6.45, 7) is 3.01. The van der Waals surface area contributed by atoms with Gasteiger partial charge in [0.1, 0.15) is 11.9 Å². The molecule has 0 saturated carbocycles. The number of hydrogen-bond acceptors (Lipinski definition) is 5. The predicted molar refractivity (Wildman–Crippen MR) is 62.1 cm³/mol. The lowest BCUT2D eigenvalue weighted by Gasteiger charge is -2.13. The number of benzene rings is 1. The first kappa shape index (κ1) is 13.5. The van der Waals surface area contributed by atoms with Gasteiger partial charge in [0.2, 0.25) is 0 Å². The fraction of sp³-hybridized carbons (Fsp3) is 0.364. The zero-order valence-electron chi connectivity index (χ0n) is 9.84. The highest BCUT2D eigenvalue weighted by molar-refractivity contribution is 7.86. The summed E-state index contributed by atoms with van der Waals surface area (Å²) >= 11 is 0. The molecular formula is C11H14O5S. The molecule has 0 bridgehead atoms. The largest absolute Gasteiger partial charge is 0.458 e. The molecule has 0 aliphatic carbocycles. The van der Waals surface area contributed by atoms with Crippen LogP contribution in [-0.4, -0.2) is 20.6 Å². The molecule has 0 amide bonds. The van der Waals surface area contributed by atoms with Crippen molar-refractivity contribution in [1.82, 2.24) is 0 Å². The molecule has 0 aliphatic heterocycles. The zero-order valence-corrected chi connectivity index (χ0v) is 10.7. The van der Waals surface area contributed by atoms with Gasteiger partial charge in [0.15, 0.2) is 0 Å². The van der Waals surface area contributed by atoms with Gasteiger partial charge < -0.3 is 8.92 Å². The predicted octanol–water partition coefficient (Wildman–Crippen LogP) is 1.65.